The van der Waals surface area contributed by atoms with Gasteiger partial charge in [-0.05, 0) is 79.2 Å². The summed E-state index contributed by atoms with van der Waals surface area (Å²) >= 11 is 0. The SMILES string of the molecule is FC=CCCCCCC1CCC(c2ccc(-c3ccc(F)cc3)cc2)CC1. The van der Waals surface area contributed by atoms with Crippen LogP contribution in [0.4, 0.5) is 8.78 Å². The summed E-state index contributed by atoms with van der Waals surface area (Å²) in [6, 6.07) is 15.5. The van der Waals surface area contributed by atoms with Crippen molar-refractivity contribution in [2.75, 3.05) is 0 Å². The molecule has 0 nitrogen and oxygen atoms in total. The van der Waals surface area contributed by atoms with Crippen molar-refractivity contribution >= 4 is 0 Å². The molecule has 1 saturated carbocycles. The summed E-state index contributed by atoms with van der Waals surface area (Å²) in [5, 5.41) is 0. The molecule has 2 heteroatoms. The smallest absolute Gasteiger partial charge is 0.123 e. The van der Waals surface area contributed by atoms with Gasteiger partial charge in [-0.2, -0.15) is 0 Å². The number of unbranched alkanes of at least 4 members (excludes halogenated alkanes) is 3. The summed E-state index contributed by atoms with van der Waals surface area (Å²) in [6.07, 6.45) is 13.3. The van der Waals surface area contributed by atoms with Crippen LogP contribution < -0.4 is 0 Å². The van der Waals surface area contributed by atoms with Gasteiger partial charge in [0.25, 0.3) is 0 Å². The van der Waals surface area contributed by atoms with Gasteiger partial charge in [0.05, 0.1) is 6.33 Å². The van der Waals surface area contributed by atoms with Gasteiger partial charge in [-0.1, -0.05) is 61.7 Å². The first-order valence-corrected chi connectivity index (χ1v) is 10.4. The van der Waals surface area contributed by atoms with Gasteiger partial charge in [-0.3, -0.25) is 0 Å². The molecular formula is C25H30F2. The summed E-state index contributed by atoms with van der Waals surface area (Å²) < 4.78 is 25.0. The molecule has 0 radical (unpaired) electrons. The first-order valence-electron chi connectivity index (χ1n) is 10.4. The molecule has 0 saturated heterocycles. The number of hydrogen-bond acceptors (Lipinski definition) is 0. The van der Waals surface area contributed by atoms with Crippen molar-refractivity contribution in [1.82, 2.24) is 0 Å². The summed E-state index contributed by atoms with van der Waals surface area (Å²) in [6.45, 7) is 0. The zero-order valence-corrected chi connectivity index (χ0v) is 16.0. The van der Waals surface area contributed by atoms with Crippen LogP contribution in [-0.2, 0) is 0 Å². The van der Waals surface area contributed by atoms with E-state index in [-0.39, 0.29) is 5.82 Å². The third-order valence-corrected chi connectivity index (χ3v) is 5.98. The highest BCUT2D eigenvalue weighted by atomic mass is 19.1. The Hall–Kier alpha value is -1.96. The van der Waals surface area contributed by atoms with Crippen LogP contribution in [0.25, 0.3) is 11.1 Å². The highest BCUT2D eigenvalue weighted by Gasteiger charge is 2.22. The summed E-state index contributed by atoms with van der Waals surface area (Å²) in [5.41, 5.74) is 3.65. The predicted molar refractivity (Wildman–Crippen MR) is 110 cm³/mol. The van der Waals surface area contributed by atoms with E-state index in [0.717, 1.165) is 29.9 Å². The molecule has 1 aliphatic carbocycles. The van der Waals surface area contributed by atoms with Crippen LogP contribution in [0.5, 0.6) is 0 Å². The lowest BCUT2D eigenvalue weighted by Crippen LogP contribution is -2.13. The second-order valence-corrected chi connectivity index (χ2v) is 7.85. The summed E-state index contributed by atoms with van der Waals surface area (Å²) in [7, 11) is 0. The van der Waals surface area contributed by atoms with Crippen LogP contribution >= 0.6 is 0 Å². The molecule has 2 aromatic rings. The molecule has 0 unspecified atom stereocenters. The zero-order chi connectivity index (χ0) is 18.9. The quantitative estimate of drug-likeness (QED) is 0.412. The fourth-order valence-corrected chi connectivity index (χ4v) is 4.31. The molecule has 27 heavy (non-hydrogen) atoms. The lowest BCUT2D eigenvalue weighted by atomic mass is 9.77. The lowest BCUT2D eigenvalue weighted by molar-refractivity contribution is 0.302. The Kier molecular flexibility index (Phi) is 7.62. The van der Waals surface area contributed by atoms with Crippen LogP contribution in [0.1, 0.15) is 69.3 Å². The maximum absolute atomic E-state index is 13.1. The Morgan fingerprint density at radius 1 is 0.778 bits per heavy atom. The Balaban J connectivity index is 1.43. The van der Waals surface area contributed by atoms with Gasteiger partial charge in [-0.25, -0.2) is 8.78 Å². The Morgan fingerprint density at radius 2 is 1.41 bits per heavy atom. The highest BCUT2D eigenvalue weighted by Crippen LogP contribution is 2.38. The van der Waals surface area contributed by atoms with Crippen LogP contribution in [0.15, 0.2) is 60.9 Å². The number of rotatable bonds is 8. The predicted octanol–water partition coefficient (Wildman–Crippen LogP) is 8.20. The van der Waals surface area contributed by atoms with Crippen molar-refractivity contribution in [3.8, 4) is 11.1 Å². The fourth-order valence-electron chi connectivity index (χ4n) is 4.31. The maximum atomic E-state index is 13.1. The van der Waals surface area contributed by atoms with E-state index in [1.165, 1.54) is 62.6 Å². The first-order chi connectivity index (χ1) is 13.3. The molecule has 0 amide bonds. The molecule has 0 aliphatic heterocycles. The molecule has 2 aromatic carbocycles. The van der Waals surface area contributed by atoms with Gasteiger partial charge in [0, 0.05) is 0 Å². The number of hydrogen-bond donors (Lipinski definition) is 0. The summed E-state index contributed by atoms with van der Waals surface area (Å²) in [4.78, 5) is 0. The molecule has 0 heterocycles. The van der Waals surface area contributed by atoms with Gasteiger partial charge in [-0.15, -0.1) is 0 Å². The Morgan fingerprint density at radius 3 is 2.04 bits per heavy atom. The van der Waals surface area contributed by atoms with Gasteiger partial charge in [0.2, 0.25) is 0 Å². The lowest BCUT2D eigenvalue weighted by Gasteiger charge is -2.29. The van der Waals surface area contributed by atoms with E-state index in [2.05, 4.69) is 24.3 Å². The third-order valence-electron chi connectivity index (χ3n) is 5.98. The van der Waals surface area contributed by atoms with Gasteiger partial charge in [0.15, 0.2) is 0 Å². The van der Waals surface area contributed by atoms with Crippen molar-refractivity contribution in [2.45, 2.75) is 63.7 Å². The van der Waals surface area contributed by atoms with E-state index in [0.29, 0.717) is 12.2 Å². The van der Waals surface area contributed by atoms with Crippen molar-refractivity contribution in [3.05, 3.63) is 72.3 Å². The van der Waals surface area contributed by atoms with E-state index in [1.807, 2.05) is 12.1 Å². The van der Waals surface area contributed by atoms with Crippen LogP contribution in [0, 0.1) is 11.7 Å². The molecule has 0 aromatic heterocycles. The second kappa shape index (κ2) is 10.4. The monoisotopic (exact) mass is 368 g/mol. The van der Waals surface area contributed by atoms with Gasteiger partial charge >= 0.3 is 0 Å². The van der Waals surface area contributed by atoms with E-state index >= 15 is 0 Å². The third kappa shape index (κ3) is 6.02. The standard InChI is InChI=1S/C25H30F2/c26-19-5-3-1-2-4-6-20-7-9-21(10-8-20)22-11-13-23(14-12-22)24-15-17-25(27)18-16-24/h5,11-21H,1-4,6-10H2. The molecule has 144 valence electrons. The molecule has 0 bridgehead atoms. The fraction of sp³-hybridized carbons (Fsp3) is 0.440. The number of halogens is 2. The minimum absolute atomic E-state index is 0.191. The van der Waals surface area contributed by atoms with Crippen molar-refractivity contribution in [3.63, 3.8) is 0 Å². The number of benzene rings is 2. The molecule has 0 atom stereocenters. The van der Waals surface area contributed by atoms with Gasteiger partial charge in [0.1, 0.15) is 5.82 Å². The molecule has 1 fully saturated rings. The normalized spacial score (nSPS) is 20.2. The topological polar surface area (TPSA) is 0 Å². The van der Waals surface area contributed by atoms with Crippen molar-refractivity contribution in [2.24, 2.45) is 5.92 Å². The summed E-state index contributed by atoms with van der Waals surface area (Å²) in [5.74, 6) is 1.36. The molecule has 1 aliphatic rings. The van der Waals surface area contributed by atoms with Crippen molar-refractivity contribution < 1.29 is 8.78 Å². The van der Waals surface area contributed by atoms with Crippen LogP contribution in [-0.4, -0.2) is 0 Å². The molecule has 3 rings (SSSR count). The van der Waals surface area contributed by atoms with Gasteiger partial charge < -0.3 is 0 Å². The largest absolute Gasteiger partial charge is 0.216 e. The average molecular weight is 369 g/mol. The highest BCUT2D eigenvalue weighted by molar-refractivity contribution is 5.63. The first kappa shape index (κ1) is 19.8. The zero-order valence-electron chi connectivity index (χ0n) is 16.0. The number of allylic oxidation sites excluding steroid dienone is 1. The Bertz CT molecular complexity index is 692. The molecular weight excluding hydrogens is 338 g/mol. The molecule has 0 N–H and O–H groups in total. The van der Waals surface area contributed by atoms with E-state index in [1.54, 1.807) is 6.08 Å². The Labute approximate surface area is 162 Å². The molecule has 0 spiro atoms. The van der Waals surface area contributed by atoms with E-state index in [9.17, 15) is 8.78 Å². The van der Waals surface area contributed by atoms with Crippen LogP contribution in [0.2, 0.25) is 0 Å². The second-order valence-electron chi connectivity index (χ2n) is 7.85. The minimum atomic E-state index is -0.191. The van der Waals surface area contributed by atoms with E-state index in [4.69, 9.17) is 0 Å². The maximum Gasteiger partial charge on any atom is 0.123 e. The van der Waals surface area contributed by atoms with Crippen LogP contribution in [0.3, 0.4) is 0 Å². The minimum Gasteiger partial charge on any atom is -0.216 e. The average Bonchev–Trinajstić information content (AvgIpc) is 2.72. The van der Waals surface area contributed by atoms with E-state index < -0.39 is 0 Å². The van der Waals surface area contributed by atoms with Crippen molar-refractivity contribution in [1.29, 1.82) is 0 Å².